The molecule has 5 heterocycles. The summed E-state index contributed by atoms with van der Waals surface area (Å²) in [5, 5.41) is 24.7. The van der Waals surface area contributed by atoms with Gasteiger partial charge in [0.2, 0.25) is 33.6 Å². The molecule has 10 rings (SSSR count). The van der Waals surface area contributed by atoms with Crippen LogP contribution in [0.25, 0.3) is 66.9 Å². The van der Waals surface area contributed by atoms with Crippen LogP contribution >= 0.6 is 11.3 Å². The number of aromatic nitrogens is 4. The molecule has 61 heavy (non-hydrogen) atoms. The Bertz CT molecular complexity index is 3450. The maximum atomic E-state index is 14.6. The highest BCUT2D eigenvalue weighted by Gasteiger charge is 2.30. The van der Waals surface area contributed by atoms with Gasteiger partial charge in [0.25, 0.3) is 0 Å². The number of fused-ring (bicyclic) bond motifs is 4. The van der Waals surface area contributed by atoms with Crippen LogP contribution < -0.4 is 10.0 Å². The molecule has 0 aliphatic rings. The lowest BCUT2D eigenvalue weighted by molar-refractivity contribution is 0.248. The number of carbonyl (C=O) groups excluding carboxylic acids is 1. The van der Waals surface area contributed by atoms with Crippen LogP contribution in [0, 0.1) is 0 Å². The van der Waals surface area contributed by atoms with E-state index in [2.05, 4.69) is 15.0 Å². The van der Waals surface area contributed by atoms with Crippen LogP contribution in [0.15, 0.2) is 146 Å². The first-order valence-corrected chi connectivity index (χ1v) is 22.0. The minimum Gasteiger partial charge on any atom is -0.494 e. The summed E-state index contributed by atoms with van der Waals surface area (Å²) >= 11 is 0.992. The molecule has 0 saturated carbocycles. The van der Waals surface area contributed by atoms with Gasteiger partial charge in [-0.1, -0.05) is 60.7 Å². The van der Waals surface area contributed by atoms with Crippen LogP contribution in [0.5, 0.6) is 11.8 Å². The Morgan fingerprint density at radius 3 is 1.90 bits per heavy atom. The van der Waals surface area contributed by atoms with E-state index in [0.717, 1.165) is 15.9 Å². The third-order valence-electron chi connectivity index (χ3n) is 9.61. The zero-order valence-electron chi connectivity index (χ0n) is 31.2. The van der Waals surface area contributed by atoms with Crippen molar-refractivity contribution in [2.75, 3.05) is 4.31 Å². The Balaban J connectivity index is 0.000000472. The second-order valence-corrected chi connectivity index (χ2v) is 18.0. The molecule has 0 atom stereocenters. The standard InChI is InChI=1S/C38H26N6O7S.C4H4O3S2/c39-38(47)43-29-17-15-23(19-25(29)33(37(43)46)36-42-28-11-5-7-13-31(28)51-36)44(52(48,49)20-21-8-2-1-3-9-21)22-14-16-26-24(18-22)32(34(45)40-26)35-41-27-10-4-6-12-30(27)50-35;5-9(6,7)4-2-1-3-8-4/h1-19,40,45-46H,20H2,(H2,39,47);1-3H,(H,5,6,7). The van der Waals surface area contributed by atoms with Gasteiger partial charge in [-0.15, -0.1) is 11.3 Å². The Hall–Kier alpha value is -7.45. The van der Waals surface area contributed by atoms with Gasteiger partial charge in [-0.25, -0.2) is 32.1 Å². The summed E-state index contributed by atoms with van der Waals surface area (Å²) in [6, 6.07) is 34.3. The van der Waals surface area contributed by atoms with Crippen molar-refractivity contribution in [3.8, 4) is 34.7 Å². The molecule has 6 N–H and O–H groups in total. The van der Waals surface area contributed by atoms with Crippen molar-refractivity contribution >= 4 is 92.9 Å². The fourth-order valence-electron chi connectivity index (χ4n) is 7.02. The number of oxazole rings is 2. The molecular weight excluding hydrogens is 845 g/mol. The molecule has 306 valence electrons. The molecule has 0 aliphatic heterocycles. The maximum Gasteiger partial charge on any atom is 0.326 e. The van der Waals surface area contributed by atoms with Crippen LogP contribution in [-0.2, 0) is 25.9 Å². The Morgan fingerprint density at radius 1 is 0.738 bits per heavy atom. The molecule has 1 amide bonds. The third kappa shape index (κ3) is 7.20. The Labute approximate surface area is 349 Å². The first-order chi connectivity index (χ1) is 29.3. The highest BCUT2D eigenvalue weighted by atomic mass is 32.3. The largest absolute Gasteiger partial charge is 0.494 e. The van der Waals surface area contributed by atoms with Crippen molar-refractivity contribution in [1.29, 1.82) is 0 Å². The number of H-pyrrole nitrogens is 1. The normalized spacial score (nSPS) is 12.0. The summed E-state index contributed by atoms with van der Waals surface area (Å²) in [5.74, 6) is -0.936. The highest BCUT2D eigenvalue weighted by molar-refractivity contribution is 7.92. The number of benzene rings is 5. The Morgan fingerprint density at radius 2 is 1.33 bits per heavy atom. The lowest BCUT2D eigenvalue weighted by Crippen LogP contribution is -2.27. The van der Waals surface area contributed by atoms with E-state index in [1.807, 2.05) is 12.1 Å². The average molecular weight is 875 g/mol. The van der Waals surface area contributed by atoms with E-state index in [4.69, 9.17) is 19.1 Å². The number of hydrogen-bond acceptors (Lipinski definition) is 12. The van der Waals surface area contributed by atoms with Gasteiger partial charge in [0.05, 0.1) is 22.6 Å². The smallest absolute Gasteiger partial charge is 0.326 e. The fraction of sp³-hybridized carbons (Fsp3) is 0.0238. The molecule has 16 nitrogen and oxygen atoms in total. The molecule has 0 fully saturated rings. The van der Waals surface area contributed by atoms with Crippen molar-refractivity contribution in [2.24, 2.45) is 5.73 Å². The molecule has 0 aliphatic carbocycles. The monoisotopic (exact) mass is 874 g/mol. The zero-order valence-corrected chi connectivity index (χ0v) is 33.6. The van der Waals surface area contributed by atoms with Crippen molar-refractivity contribution in [2.45, 2.75) is 9.96 Å². The summed E-state index contributed by atoms with van der Waals surface area (Å²) in [7, 11) is -8.15. The summed E-state index contributed by atoms with van der Waals surface area (Å²) in [6.07, 6.45) is 0. The molecule has 5 aromatic carbocycles. The molecule has 0 bridgehead atoms. The number of nitrogens with two attached hydrogens (primary N) is 1. The van der Waals surface area contributed by atoms with Gasteiger partial charge in [-0.2, -0.15) is 8.42 Å². The average Bonchev–Trinajstić information content (AvgIpc) is 4.06. The number of para-hydroxylation sites is 4. The SMILES string of the molecule is NC(=O)n1c(O)c(-c2nc3ccccc3o2)c2cc(N(c3ccc4[nH]c(O)c(-c5nc6ccccc6o5)c4c3)S(=O)(=O)Cc3ccccc3)ccc21.O=S(=O)(O)c1cccs1. The van der Waals surface area contributed by atoms with E-state index in [1.54, 1.807) is 96.4 Å². The van der Waals surface area contributed by atoms with Crippen molar-refractivity contribution in [1.82, 2.24) is 19.5 Å². The minimum atomic E-state index is -4.21. The lowest BCUT2D eigenvalue weighted by atomic mass is 10.1. The van der Waals surface area contributed by atoms with E-state index < -0.39 is 32.1 Å². The van der Waals surface area contributed by atoms with E-state index >= 15 is 0 Å². The molecule has 0 unspecified atom stereocenters. The fourth-order valence-corrected chi connectivity index (χ4v) is 9.99. The number of sulfonamides is 1. The van der Waals surface area contributed by atoms with E-state index in [-0.39, 0.29) is 61.0 Å². The number of hydrogen-bond donors (Lipinski definition) is 5. The predicted molar refractivity (Wildman–Crippen MR) is 230 cm³/mol. The molecule has 0 spiro atoms. The van der Waals surface area contributed by atoms with Gasteiger partial charge in [-0.05, 0) is 77.7 Å². The molecule has 10 aromatic rings. The predicted octanol–water partition coefficient (Wildman–Crippen LogP) is 8.74. The Kier molecular flexibility index (Phi) is 9.59. The number of anilines is 2. The molecule has 0 saturated heterocycles. The number of nitrogens with zero attached hydrogens (tertiary/aromatic N) is 4. The van der Waals surface area contributed by atoms with Gasteiger partial charge in [-0.3, -0.25) is 4.55 Å². The number of rotatable bonds is 8. The number of nitrogens with one attached hydrogen (secondary N) is 1. The van der Waals surface area contributed by atoms with Gasteiger partial charge in [0.1, 0.15) is 26.4 Å². The van der Waals surface area contributed by atoms with Crippen LogP contribution in [0.1, 0.15) is 5.56 Å². The number of amides is 1. The second-order valence-electron chi connectivity index (χ2n) is 13.5. The van der Waals surface area contributed by atoms with Crippen molar-refractivity contribution < 1.29 is 45.2 Å². The second kappa shape index (κ2) is 15.0. The molecule has 0 radical (unpaired) electrons. The van der Waals surface area contributed by atoms with E-state index in [1.165, 1.54) is 28.6 Å². The quantitative estimate of drug-likeness (QED) is 0.0899. The number of aromatic hydroxyl groups is 2. The van der Waals surface area contributed by atoms with Crippen molar-refractivity contribution in [3.05, 3.63) is 138 Å². The van der Waals surface area contributed by atoms with Gasteiger partial charge in [0, 0.05) is 16.3 Å². The molecule has 19 heteroatoms. The number of primary amides is 1. The number of aromatic amines is 1. The van der Waals surface area contributed by atoms with E-state index in [0.29, 0.717) is 38.7 Å². The molecular formula is C42H30N6O10S3. The lowest BCUT2D eigenvalue weighted by Gasteiger charge is -2.25. The zero-order chi connectivity index (χ0) is 42.6. The molecule has 5 aromatic heterocycles. The van der Waals surface area contributed by atoms with Gasteiger partial charge in [0.15, 0.2) is 11.2 Å². The van der Waals surface area contributed by atoms with E-state index in [9.17, 15) is 31.8 Å². The van der Waals surface area contributed by atoms with Crippen LogP contribution in [0.3, 0.4) is 0 Å². The summed E-state index contributed by atoms with van der Waals surface area (Å²) in [4.78, 5) is 24.6. The number of carbonyl (C=O) groups is 1. The van der Waals surface area contributed by atoms with Crippen LogP contribution in [0.2, 0.25) is 0 Å². The van der Waals surface area contributed by atoms with Crippen LogP contribution in [-0.4, -0.2) is 57.2 Å². The number of thiophene rings is 1. The summed E-state index contributed by atoms with van der Waals surface area (Å²) < 4.78 is 72.1. The summed E-state index contributed by atoms with van der Waals surface area (Å²) in [5.41, 5.74) is 9.73. The van der Waals surface area contributed by atoms with Crippen LogP contribution in [0.4, 0.5) is 16.2 Å². The third-order valence-corrected chi connectivity index (χ3v) is 13.5. The first kappa shape index (κ1) is 39.0. The van der Waals surface area contributed by atoms with Gasteiger partial charge < -0.3 is 29.8 Å². The van der Waals surface area contributed by atoms with Crippen molar-refractivity contribution in [3.63, 3.8) is 0 Å². The summed E-state index contributed by atoms with van der Waals surface area (Å²) in [6.45, 7) is 0. The minimum absolute atomic E-state index is 0.00624. The first-order valence-electron chi connectivity index (χ1n) is 18.1. The van der Waals surface area contributed by atoms with Gasteiger partial charge >= 0.3 is 16.1 Å². The maximum absolute atomic E-state index is 14.6. The topological polar surface area (TPSA) is 248 Å². The highest BCUT2D eigenvalue weighted by Crippen LogP contribution is 2.45.